The number of hydrogen-bond donors (Lipinski definition) is 0. The summed E-state index contributed by atoms with van der Waals surface area (Å²) in [5.41, 5.74) is 0.718. The van der Waals surface area contributed by atoms with Crippen LogP contribution in [0.4, 0.5) is 0 Å². The molecule has 1 rings (SSSR count). The van der Waals surface area contributed by atoms with Crippen LogP contribution in [0.15, 0.2) is 24.3 Å². The molecule has 0 atom stereocenters. The molecule has 0 saturated heterocycles. The van der Waals surface area contributed by atoms with Crippen LogP contribution in [-0.2, 0) is 0 Å². The molecule has 0 N–H and O–H groups in total. The third-order valence-electron chi connectivity index (χ3n) is 1.85. The standard InChI is InChI=1S/C11H10ClNO2/c1-14-10-4-3-8(7-11(10)15-2)9(12)5-6-13/h3-5,7H,1-2H3/b9-5-. The van der Waals surface area contributed by atoms with E-state index in [2.05, 4.69) is 0 Å². The summed E-state index contributed by atoms with van der Waals surface area (Å²) in [5.74, 6) is 1.21. The van der Waals surface area contributed by atoms with Gasteiger partial charge in [-0.1, -0.05) is 11.6 Å². The number of benzene rings is 1. The molecule has 0 heterocycles. The molecule has 0 aliphatic carbocycles. The van der Waals surface area contributed by atoms with Crippen molar-refractivity contribution < 1.29 is 9.47 Å². The first kappa shape index (κ1) is 11.4. The zero-order chi connectivity index (χ0) is 11.3. The summed E-state index contributed by atoms with van der Waals surface area (Å²) in [6, 6.07) is 7.08. The van der Waals surface area contributed by atoms with Gasteiger partial charge in [0.25, 0.3) is 0 Å². The summed E-state index contributed by atoms with van der Waals surface area (Å²) in [7, 11) is 3.10. The summed E-state index contributed by atoms with van der Waals surface area (Å²) in [6.07, 6.45) is 1.27. The number of ether oxygens (including phenoxy) is 2. The van der Waals surface area contributed by atoms with Crippen LogP contribution in [0.5, 0.6) is 11.5 Å². The van der Waals surface area contributed by atoms with Gasteiger partial charge in [0.2, 0.25) is 0 Å². The summed E-state index contributed by atoms with van der Waals surface area (Å²) in [4.78, 5) is 0. The van der Waals surface area contributed by atoms with Gasteiger partial charge < -0.3 is 9.47 Å². The predicted molar refractivity (Wildman–Crippen MR) is 59.0 cm³/mol. The third-order valence-corrected chi connectivity index (χ3v) is 2.18. The van der Waals surface area contributed by atoms with Crippen LogP contribution in [0.3, 0.4) is 0 Å². The minimum atomic E-state index is 0.374. The zero-order valence-corrected chi connectivity index (χ0v) is 9.21. The molecule has 15 heavy (non-hydrogen) atoms. The zero-order valence-electron chi connectivity index (χ0n) is 8.45. The molecule has 3 nitrogen and oxygen atoms in total. The highest BCUT2D eigenvalue weighted by molar-refractivity contribution is 6.49. The maximum absolute atomic E-state index is 8.46. The van der Waals surface area contributed by atoms with E-state index in [4.69, 9.17) is 26.3 Å². The Hall–Kier alpha value is -1.66. The van der Waals surface area contributed by atoms with Crippen LogP contribution >= 0.6 is 11.6 Å². The Balaban J connectivity index is 3.15. The van der Waals surface area contributed by atoms with Crippen molar-refractivity contribution in [3.63, 3.8) is 0 Å². The van der Waals surface area contributed by atoms with E-state index in [9.17, 15) is 0 Å². The Labute approximate surface area is 93.5 Å². The van der Waals surface area contributed by atoms with E-state index < -0.39 is 0 Å². The van der Waals surface area contributed by atoms with Gasteiger partial charge >= 0.3 is 0 Å². The summed E-state index contributed by atoms with van der Waals surface area (Å²) in [5, 5.41) is 8.83. The van der Waals surface area contributed by atoms with Gasteiger partial charge in [-0.15, -0.1) is 0 Å². The van der Waals surface area contributed by atoms with Crippen molar-refractivity contribution in [3.8, 4) is 17.6 Å². The first-order chi connectivity index (χ1) is 7.22. The van der Waals surface area contributed by atoms with Gasteiger partial charge in [-0.3, -0.25) is 0 Å². The maximum atomic E-state index is 8.46. The van der Waals surface area contributed by atoms with Gasteiger partial charge in [0.05, 0.1) is 25.3 Å². The van der Waals surface area contributed by atoms with Crippen molar-refractivity contribution in [2.75, 3.05) is 14.2 Å². The van der Waals surface area contributed by atoms with Crippen molar-refractivity contribution >= 4 is 16.6 Å². The highest BCUT2D eigenvalue weighted by Crippen LogP contribution is 2.31. The fourth-order valence-electron chi connectivity index (χ4n) is 1.12. The lowest BCUT2D eigenvalue weighted by atomic mass is 10.2. The third kappa shape index (κ3) is 2.64. The molecule has 0 radical (unpaired) electrons. The van der Waals surface area contributed by atoms with Crippen LogP contribution in [-0.4, -0.2) is 14.2 Å². The number of hydrogen-bond acceptors (Lipinski definition) is 3. The molecule has 0 fully saturated rings. The molecular formula is C11H10ClNO2. The maximum Gasteiger partial charge on any atom is 0.161 e. The number of rotatable bonds is 3. The van der Waals surface area contributed by atoms with Crippen LogP contribution in [0.1, 0.15) is 5.56 Å². The lowest BCUT2D eigenvalue weighted by Crippen LogP contribution is -1.91. The van der Waals surface area contributed by atoms with Crippen molar-refractivity contribution in [1.29, 1.82) is 5.26 Å². The second-order valence-electron chi connectivity index (χ2n) is 2.69. The number of halogens is 1. The highest BCUT2D eigenvalue weighted by atomic mass is 35.5. The van der Waals surface area contributed by atoms with Crippen molar-refractivity contribution in [2.24, 2.45) is 0 Å². The lowest BCUT2D eigenvalue weighted by Gasteiger charge is -2.08. The molecule has 0 aliphatic heterocycles. The first-order valence-electron chi connectivity index (χ1n) is 4.20. The highest BCUT2D eigenvalue weighted by Gasteiger charge is 2.06. The van der Waals surface area contributed by atoms with Gasteiger partial charge in [-0.25, -0.2) is 0 Å². The van der Waals surface area contributed by atoms with Crippen LogP contribution in [0.25, 0.3) is 5.03 Å². The molecule has 1 aromatic carbocycles. The number of nitriles is 1. The quantitative estimate of drug-likeness (QED) is 0.740. The molecule has 0 spiro atoms. The molecule has 4 heteroatoms. The number of allylic oxidation sites excluding steroid dienone is 1. The number of methoxy groups -OCH3 is 2. The molecule has 0 aromatic heterocycles. The Kier molecular flexibility index (Phi) is 4.02. The minimum absolute atomic E-state index is 0.374. The van der Waals surface area contributed by atoms with Gasteiger partial charge in [0, 0.05) is 6.08 Å². The Morgan fingerprint density at radius 2 is 2.00 bits per heavy atom. The average molecular weight is 224 g/mol. The largest absolute Gasteiger partial charge is 0.493 e. The fourth-order valence-corrected chi connectivity index (χ4v) is 1.29. The number of nitrogens with zero attached hydrogens (tertiary/aromatic N) is 1. The van der Waals surface area contributed by atoms with Crippen LogP contribution in [0.2, 0.25) is 0 Å². The van der Waals surface area contributed by atoms with E-state index in [1.54, 1.807) is 32.4 Å². The van der Waals surface area contributed by atoms with Gasteiger partial charge in [0.1, 0.15) is 0 Å². The Morgan fingerprint density at radius 3 is 2.53 bits per heavy atom. The van der Waals surface area contributed by atoms with E-state index in [0.717, 1.165) is 5.56 Å². The minimum Gasteiger partial charge on any atom is -0.493 e. The second kappa shape index (κ2) is 5.28. The van der Waals surface area contributed by atoms with E-state index in [1.165, 1.54) is 6.08 Å². The van der Waals surface area contributed by atoms with Crippen molar-refractivity contribution in [2.45, 2.75) is 0 Å². The Bertz CT molecular complexity index is 421. The van der Waals surface area contributed by atoms with E-state index in [-0.39, 0.29) is 0 Å². The fraction of sp³-hybridized carbons (Fsp3) is 0.182. The molecule has 78 valence electrons. The molecular weight excluding hydrogens is 214 g/mol. The molecule has 0 saturated carbocycles. The summed E-state index contributed by atoms with van der Waals surface area (Å²) in [6.45, 7) is 0. The average Bonchev–Trinajstić information content (AvgIpc) is 2.28. The van der Waals surface area contributed by atoms with Crippen molar-refractivity contribution in [1.82, 2.24) is 0 Å². The summed E-state index contributed by atoms with van der Waals surface area (Å²) >= 11 is 5.87. The molecule has 1 aromatic rings. The second-order valence-corrected chi connectivity index (χ2v) is 3.10. The van der Waals surface area contributed by atoms with Gasteiger partial charge in [0.15, 0.2) is 11.5 Å². The van der Waals surface area contributed by atoms with E-state index in [0.29, 0.717) is 16.5 Å². The SMILES string of the molecule is COc1ccc(/C(Cl)=C/C#N)cc1OC. The lowest BCUT2D eigenvalue weighted by molar-refractivity contribution is 0.355. The van der Waals surface area contributed by atoms with Crippen LogP contribution < -0.4 is 9.47 Å². The van der Waals surface area contributed by atoms with Crippen molar-refractivity contribution in [3.05, 3.63) is 29.8 Å². The molecule has 0 bridgehead atoms. The van der Waals surface area contributed by atoms with E-state index >= 15 is 0 Å². The van der Waals surface area contributed by atoms with Gasteiger partial charge in [-0.2, -0.15) is 5.26 Å². The first-order valence-corrected chi connectivity index (χ1v) is 4.58. The summed E-state index contributed by atoms with van der Waals surface area (Å²) < 4.78 is 10.2. The molecule has 0 amide bonds. The smallest absolute Gasteiger partial charge is 0.161 e. The monoisotopic (exact) mass is 223 g/mol. The Morgan fingerprint density at radius 1 is 1.33 bits per heavy atom. The van der Waals surface area contributed by atoms with Gasteiger partial charge in [-0.05, 0) is 23.8 Å². The molecule has 0 aliphatic rings. The van der Waals surface area contributed by atoms with Crippen LogP contribution in [0, 0.1) is 11.3 Å². The predicted octanol–water partition coefficient (Wildman–Crippen LogP) is 2.81. The van der Waals surface area contributed by atoms with E-state index in [1.807, 2.05) is 6.07 Å². The molecule has 0 unspecified atom stereocenters. The topological polar surface area (TPSA) is 42.2 Å². The normalized spacial score (nSPS) is 10.7.